The molecule has 1 N–H and O–H groups in total. The monoisotopic (exact) mass is 233 g/mol. The van der Waals surface area contributed by atoms with Crippen molar-refractivity contribution in [2.75, 3.05) is 20.4 Å². The molecule has 1 aliphatic heterocycles. The fraction of sp³-hybridized carbons (Fsp3) is 0.308. The highest BCUT2D eigenvalue weighted by Gasteiger charge is 2.20. The van der Waals surface area contributed by atoms with Crippen LogP contribution in [0.2, 0.25) is 0 Å². The summed E-state index contributed by atoms with van der Waals surface area (Å²) in [4.78, 5) is 11.7. The van der Waals surface area contributed by atoms with Gasteiger partial charge in [-0.05, 0) is 18.2 Å². The minimum Gasteiger partial charge on any atom is -0.496 e. The van der Waals surface area contributed by atoms with Crippen molar-refractivity contribution in [1.82, 2.24) is 5.32 Å². The normalized spacial score (nSPS) is 19.7. The first-order valence-corrected chi connectivity index (χ1v) is 5.47. The van der Waals surface area contributed by atoms with Crippen molar-refractivity contribution in [1.29, 1.82) is 0 Å². The number of carbonyl (C=O) groups excluding carboxylic acids is 1. The number of nitrogens with one attached hydrogen (secondary N) is 1. The quantitative estimate of drug-likeness (QED) is 0.794. The first-order chi connectivity index (χ1) is 8.31. The largest absolute Gasteiger partial charge is 0.496 e. The molecule has 0 radical (unpaired) electrons. The van der Waals surface area contributed by atoms with E-state index in [0.29, 0.717) is 13.3 Å². The highest BCUT2D eigenvalue weighted by atomic mass is 16.5. The van der Waals surface area contributed by atoms with Gasteiger partial charge in [0.2, 0.25) is 0 Å². The van der Waals surface area contributed by atoms with Crippen LogP contribution < -0.4 is 10.1 Å². The number of methoxy groups -OCH3 is 1. The molecule has 1 unspecified atom stereocenters. The van der Waals surface area contributed by atoms with Gasteiger partial charge in [0.15, 0.2) is 5.78 Å². The second-order valence-corrected chi connectivity index (χ2v) is 3.75. The first-order valence-electron chi connectivity index (χ1n) is 5.47. The van der Waals surface area contributed by atoms with Gasteiger partial charge in [-0.25, -0.2) is 0 Å². The number of ether oxygens (including phenoxy) is 2. The summed E-state index contributed by atoms with van der Waals surface area (Å²) in [6.07, 6.45) is 3.32. The van der Waals surface area contributed by atoms with Gasteiger partial charge in [-0.15, -0.1) is 0 Å². The van der Waals surface area contributed by atoms with E-state index in [9.17, 15) is 4.79 Å². The number of hydrogen-bond donors (Lipinski definition) is 1. The Balaban J connectivity index is 2.06. The second kappa shape index (κ2) is 5.61. The number of carbonyl (C=O) groups is 1. The molecule has 1 aromatic rings. The summed E-state index contributed by atoms with van der Waals surface area (Å²) in [5.41, 5.74) is 0.891. The van der Waals surface area contributed by atoms with Crippen LogP contribution in [-0.2, 0) is 9.53 Å². The number of para-hydroxylation sites is 1. The van der Waals surface area contributed by atoms with Gasteiger partial charge in [-0.2, -0.15) is 0 Å². The predicted octanol–water partition coefficient (Wildman–Crippen LogP) is 1.22. The summed E-state index contributed by atoms with van der Waals surface area (Å²) in [6.45, 7) is 0.883. The van der Waals surface area contributed by atoms with E-state index in [1.54, 1.807) is 19.3 Å². The number of rotatable bonds is 4. The zero-order valence-corrected chi connectivity index (χ0v) is 9.68. The van der Waals surface area contributed by atoms with Gasteiger partial charge < -0.3 is 9.47 Å². The molecule has 4 nitrogen and oxygen atoms in total. The molecule has 1 heterocycles. The van der Waals surface area contributed by atoms with Crippen molar-refractivity contribution >= 4 is 11.9 Å². The summed E-state index contributed by atoms with van der Waals surface area (Å²) in [7, 11) is 1.61. The van der Waals surface area contributed by atoms with Crippen LogP contribution in [0.5, 0.6) is 5.75 Å². The van der Waals surface area contributed by atoms with Crippen LogP contribution in [0.4, 0.5) is 0 Å². The van der Waals surface area contributed by atoms with E-state index in [2.05, 4.69) is 5.32 Å². The third-order valence-electron chi connectivity index (χ3n) is 2.63. The smallest absolute Gasteiger partial charge is 0.175 e. The SMILES string of the molecule is COc1ccccc1/C=C\C(=O)C1COCN1. The third-order valence-corrected chi connectivity index (χ3v) is 2.63. The Morgan fingerprint density at radius 2 is 2.35 bits per heavy atom. The van der Waals surface area contributed by atoms with Crippen molar-refractivity contribution in [2.45, 2.75) is 6.04 Å². The molecule has 1 fully saturated rings. The van der Waals surface area contributed by atoms with Crippen LogP contribution in [0, 0.1) is 0 Å². The van der Waals surface area contributed by atoms with Gasteiger partial charge in [0, 0.05) is 5.56 Å². The zero-order valence-electron chi connectivity index (χ0n) is 9.68. The molecule has 1 aliphatic rings. The standard InChI is InChI=1S/C13H15NO3/c1-16-13-5-3-2-4-10(13)6-7-12(15)11-8-17-9-14-11/h2-7,11,14H,8-9H2,1H3/b7-6-. The minimum atomic E-state index is -0.221. The van der Waals surface area contributed by atoms with E-state index in [1.807, 2.05) is 24.3 Å². The molecule has 1 saturated heterocycles. The Hall–Kier alpha value is -1.65. The molecule has 0 bridgehead atoms. The molecule has 4 heteroatoms. The van der Waals surface area contributed by atoms with Crippen LogP contribution in [0.1, 0.15) is 5.56 Å². The fourth-order valence-electron chi connectivity index (χ4n) is 1.67. The molecule has 0 aromatic heterocycles. The average molecular weight is 233 g/mol. The highest BCUT2D eigenvalue weighted by Crippen LogP contribution is 2.18. The Kier molecular flexibility index (Phi) is 3.90. The molecular weight excluding hydrogens is 218 g/mol. The Morgan fingerprint density at radius 3 is 3.06 bits per heavy atom. The van der Waals surface area contributed by atoms with Gasteiger partial charge in [0.1, 0.15) is 5.75 Å². The van der Waals surface area contributed by atoms with Crippen LogP contribution in [0.15, 0.2) is 30.3 Å². The Bertz CT molecular complexity index is 422. The summed E-state index contributed by atoms with van der Waals surface area (Å²) in [6, 6.07) is 7.34. The summed E-state index contributed by atoms with van der Waals surface area (Å²) < 4.78 is 10.3. The fourth-order valence-corrected chi connectivity index (χ4v) is 1.67. The molecular formula is C13H15NO3. The summed E-state index contributed by atoms with van der Waals surface area (Å²) in [5.74, 6) is 0.778. The number of ketones is 1. The van der Waals surface area contributed by atoms with E-state index in [1.165, 1.54) is 0 Å². The van der Waals surface area contributed by atoms with Crippen LogP contribution in [-0.4, -0.2) is 32.3 Å². The Morgan fingerprint density at radius 1 is 1.53 bits per heavy atom. The van der Waals surface area contributed by atoms with E-state index in [4.69, 9.17) is 9.47 Å². The highest BCUT2D eigenvalue weighted by molar-refractivity contribution is 5.98. The molecule has 1 aromatic carbocycles. The average Bonchev–Trinajstić information content (AvgIpc) is 2.90. The van der Waals surface area contributed by atoms with Crippen LogP contribution in [0.25, 0.3) is 6.08 Å². The summed E-state index contributed by atoms with van der Waals surface area (Å²) >= 11 is 0. The first kappa shape index (κ1) is 11.8. The van der Waals surface area contributed by atoms with Gasteiger partial charge in [0.05, 0.1) is 26.5 Å². The van der Waals surface area contributed by atoms with E-state index < -0.39 is 0 Å². The van der Waals surface area contributed by atoms with Crippen molar-refractivity contribution in [3.05, 3.63) is 35.9 Å². The minimum absolute atomic E-state index is 0.0217. The lowest BCUT2D eigenvalue weighted by molar-refractivity contribution is -0.116. The second-order valence-electron chi connectivity index (χ2n) is 3.75. The maximum Gasteiger partial charge on any atom is 0.175 e. The lowest BCUT2D eigenvalue weighted by Crippen LogP contribution is -2.31. The maximum atomic E-state index is 11.7. The van der Waals surface area contributed by atoms with Gasteiger partial charge in [-0.1, -0.05) is 18.2 Å². The van der Waals surface area contributed by atoms with Gasteiger partial charge >= 0.3 is 0 Å². The van der Waals surface area contributed by atoms with Crippen molar-refractivity contribution in [3.8, 4) is 5.75 Å². The van der Waals surface area contributed by atoms with Crippen LogP contribution in [0.3, 0.4) is 0 Å². The van der Waals surface area contributed by atoms with E-state index in [0.717, 1.165) is 11.3 Å². The van der Waals surface area contributed by atoms with Crippen LogP contribution >= 0.6 is 0 Å². The lowest BCUT2D eigenvalue weighted by atomic mass is 10.1. The molecule has 0 aliphatic carbocycles. The topological polar surface area (TPSA) is 47.6 Å². The molecule has 17 heavy (non-hydrogen) atoms. The van der Waals surface area contributed by atoms with Crippen molar-refractivity contribution in [2.24, 2.45) is 0 Å². The Labute approximate surface area is 100 Å². The molecule has 2 rings (SSSR count). The lowest BCUT2D eigenvalue weighted by Gasteiger charge is -2.04. The van der Waals surface area contributed by atoms with Gasteiger partial charge in [0.25, 0.3) is 0 Å². The molecule has 0 saturated carbocycles. The summed E-state index contributed by atoms with van der Waals surface area (Å²) in [5, 5.41) is 2.97. The van der Waals surface area contributed by atoms with Gasteiger partial charge in [-0.3, -0.25) is 10.1 Å². The maximum absolute atomic E-state index is 11.7. The molecule has 90 valence electrons. The predicted molar refractivity (Wildman–Crippen MR) is 64.8 cm³/mol. The van der Waals surface area contributed by atoms with Crippen molar-refractivity contribution < 1.29 is 14.3 Å². The zero-order chi connectivity index (χ0) is 12.1. The molecule has 0 amide bonds. The molecule has 0 spiro atoms. The van der Waals surface area contributed by atoms with E-state index in [-0.39, 0.29) is 11.8 Å². The molecule has 1 atom stereocenters. The van der Waals surface area contributed by atoms with Crippen molar-refractivity contribution in [3.63, 3.8) is 0 Å². The third kappa shape index (κ3) is 2.93. The number of hydrogen-bond acceptors (Lipinski definition) is 4. The number of benzene rings is 1. The van der Waals surface area contributed by atoms with E-state index >= 15 is 0 Å².